The summed E-state index contributed by atoms with van der Waals surface area (Å²) < 4.78 is 13.2. The highest BCUT2D eigenvalue weighted by atomic mass is 16.5. The molecule has 3 aromatic rings. The number of rotatable bonds is 8. The number of hydrogen-bond acceptors (Lipinski definition) is 5. The van der Waals surface area contributed by atoms with Crippen LogP contribution >= 0.6 is 0 Å². The molecule has 0 aliphatic carbocycles. The van der Waals surface area contributed by atoms with Gasteiger partial charge in [0.15, 0.2) is 0 Å². The Morgan fingerprint density at radius 3 is 2.77 bits per heavy atom. The van der Waals surface area contributed by atoms with Gasteiger partial charge in [-0.05, 0) is 50.2 Å². The van der Waals surface area contributed by atoms with Crippen LogP contribution in [0.5, 0.6) is 5.75 Å². The first-order valence-electron chi connectivity index (χ1n) is 8.91. The first-order chi connectivity index (χ1) is 12.6. The summed E-state index contributed by atoms with van der Waals surface area (Å²) >= 11 is 0. The fourth-order valence-corrected chi connectivity index (χ4v) is 2.95. The summed E-state index contributed by atoms with van der Waals surface area (Å²) in [6.45, 7) is 9.65. The van der Waals surface area contributed by atoms with E-state index in [0.29, 0.717) is 5.89 Å². The summed E-state index contributed by atoms with van der Waals surface area (Å²) in [7, 11) is 1.68. The van der Waals surface area contributed by atoms with Crippen molar-refractivity contribution >= 4 is 0 Å². The number of likely N-dealkylation sites (N-methyl/N-ethyl adjacent to an activating group) is 1. The lowest BCUT2D eigenvalue weighted by atomic mass is 10.1. The van der Waals surface area contributed by atoms with Crippen molar-refractivity contribution in [2.75, 3.05) is 20.2 Å². The molecule has 26 heavy (non-hydrogen) atoms. The third kappa shape index (κ3) is 4.14. The second kappa shape index (κ2) is 8.19. The minimum absolute atomic E-state index is 0.659. The van der Waals surface area contributed by atoms with Crippen LogP contribution in [0.15, 0.2) is 41.1 Å². The number of oxazole rings is 1. The van der Waals surface area contributed by atoms with Crippen LogP contribution in [0.25, 0.3) is 11.5 Å². The predicted molar refractivity (Wildman–Crippen MR) is 101 cm³/mol. The molecule has 0 bridgehead atoms. The lowest BCUT2D eigenvalue weighted by Gasteiger charge is -2.19. The molecule has 0 aliphatic heterocycles. The van der Waals surface area contributed by atoms with E-state index in [9.17, 15) is 0 Å². The molecule has 2 aromatic heterocycles. The number of methoxy groups -OCH3 is 1. The van der Waals surface area contributed by atoms with E-state index < -0.39 is 0 Å². The number of hydrogen-bond donors (Lipinski definition) is 0. The van der Waals surface area contributed by atoms with E-state index in [1.54, 1.807) is 13.3 Å². The fraction of sp³-hybridized carbons (Fsp3) is 0.400. The summed E-state index contributed by atoms with van der Waals surface area (Å²) in [4.78, 5) is 7.08. The Hall–Kier alpha value is -2.60. The van der Waals surface area contributed by atoms with Crippen LogP contribution < -0.4 is 4.74 Å². The topological polar surface area (TPSA) is 56.3 Å². The molecule has 0 amide bonds. The largest absolute Gasteiger partial charge is 0.496 e. The minimum Gasteiger partial charge on any atom is -0.496 e. The predicted octanol–water partition coefficient (Wildman–Crippen LogP) is 3.69. The normalized spacial score (nSPS) is 11.3. The van der Waals surface area contributed by atoms with Gasteiger partial charge in [0, 0.05) is 31.0 Å². The van der Waals surface area contributed by atoms with Crippen LogP contribution in [-0.4, -0.2) is 39.9 Å². The molecule has 1 aromatic carbocycles. The zero-order valence-corrected chi connectivity index (χ0v) is 15.9. The van der Waals surface area contributed by atoms with Crippen LogP contribution in [0.1, 0.15) is 23.9 Å². The summed E-state index contributed by atoms with van der Waals surface area (Å²) in [5.74, 6) is 2.39. The van der Waals surface area contributed by atoms with Gasteiger partial charge >= 0.3 is 0 Å². The molecule has 0 unspecified atom stereocenters. The third-order valence-corrected chi connectivity index (χ3v) is 4.56. The molecule has 2 heterocycles. The van der Waals surface area contributed by atoms with Crippen LogP contribution in [0, 0.1) is 13.8 Å². The molecule has 3 rings (SSSR count). The highest BCUT2D eigenvalue weighted by Crippen LogP contribution is 2.27. The fourth-order valence-electron chi connectivity index (χ4n) is 2.95. The van der Waals surface area contributed by atoms with Gasteiger partial charge in [0.25, 0.3) is 0 Å². The Labute approximate surface area is 154 Å². The number of aromatic nitrogens is 3. The van der Waals surface area contributed by atoms with Crippen molar-refractivity contribution in [3.8, 4) is 17.2 Å². The maximum Gasteiger partial charge on any atom is 0.226 e. The number of nitrogens with zero attached hydrogens (tertiary/aromatic N) is 4. The van der Waals surface area contributed by atoms with Gasteiger partial charge < -0.3 is 9.15 Å². The zero-order valence-electron chi connectivity index (χ0n) is 15.9. The highest BCUT2D eigenvalue weighted by molar-refractivity contribution is 5.57. The summed E-state index contributed by atoms with van der Waals surface area (Å²) in [5, 5.41) is 4.26. The molecule has 0 N–H and O–H groups in total. The molecule has 0 saturated carbocycles. The van der Waals surface area contributed by atoms with Gasteiger partial charge in [0.05, 0.1) is 19.3 Å². The van der Waals surface area contributed by atoms with Gasteiger partial charge in [-0.1, -0.05) is 6.92 Å². The van der Waals surface area contributed by atoms with Crippen LogP contribution in [0.4, 0.5) is 0 Å². The van der Waals surface area contributed by atoms with Gasteiger partial charge in [-0.25, -0.2) is 4.98 Å². The van der Waals surface area contributed by atoms with Gasteiger partial charge in [0.1, 0.15) is 11.5 Å². The van der Waals surface area contributed by atoms with Crippen molar-refractivity contribution in [1.29, 1.82) is 0 Å². The Bertz CT molecular complexity index is 840. The Balaban J connectivity index is 1.71. The first kappa shape index (κ1) is 18.2. The van der Waals surface area contributed by atoms with E-state index in [1.165, 1.54) is 0 Å². The SMILES string of the molecule is CCN(CCn1cccn1)Cc1nc(-c2ccc(OC)c(C)c2)oc1C. The van der Waals surface area contributed by atoms with Crippen molar-refractivity contribution in [2.24, 2.45) is 0 Å². The summed E-state index contributed by atoms with van der Waals surface area (Å²) in [5.41, 5.74) is 3.02. The summed E-state index contributed by atoms with van der Waals surface area (Å²) in [6.07, 6.45) is 3.79. The van der Waals surface area contributed by atoms with E-state index >= 15 is 0 Å². The zero-order chi connectivity index (χ0) is 18.5. The second-order valence-electron chi connectivity index (χ2n) is 6.34. The maximum absolute atomic E-state index is 5.93. The van der Waals surface area contributed by atoms with Crippen LogP contribution in [0.3, 0.4) is 0 Å². The highest BCUT2D eigenvalue weighted by Gasteiger charge is 2.15. The lowest BCUT2D eigenvalue weighted by Crippen LogP contribution is -2.27. The van der Waals surface area contributed by atoms with Gasteiger partial charge in [-0.2, -0.15) is 5.10 Å². The standard InChI is InChI=1S/C20H26N4O2/c1-5-23(11-12-24-10-6-9-21-24)14-18-16(3)26-20(22-18)17-7-8-19(25-4)15(2)13-17/h6-10,13H,5,11-12,14H2,1-4H3. The molecule has 0 aliphatic rings. The van der Waals surface area contributed by atoms with Crippen molar-refractivity contribution in [2.45, 2.75) is 33.9 Å². The van der Waals surface area contributed by atoms with E-state index in [4.69, 9.17) is 14.1 Å². The molecular formula is C20H26N4O2. The van der Waals surface area contributed by atoms with Gasteiger partial charge in [-0.3, -0.25) is 9.58 Å². The van der Waals surface area contributed by atoms with Crippen molar-refractivity contribution in [3.05, 3.63) is 53.7 Å². The third-order valence-electron chi connectivity index (χ3n) is 4.56. The minimum atomic E-state index is 0.659. The molecular weight excluding hydrogens is 328 g/mol. The quantitative estimate of drug-likeness (QED) is 0.617. The van der Waals surface area contributed by atoms with E-state index in [1.807, 2.05) is 49.0 Å². The maximum atomic E-state index is 5.93. The molecule has 0 spiro atoms. The smallest absolute Gasteiger partial charge is 0.226 e. The Morgan fingerprint density at radius 2 is 2.12 bits per heavy atom. The lowest BCUT2D eigenvalue weighted by molar-refractivity contribution is 0.259. The van der Waals surface area contributed by atoms with Crippen LogP contribution in [0.2, 0.25) is 0 Å². The van der Waals surface area contributed by atoms with Gasteiger partial charge in [-0.15, -0.1) is 0 Å². The number of benzene rings is 1. The first-order valence-corrected chi connectivity index (χ1v) is 8.91. The number of aryl methyl sites for hydroxylation is 2. The number of ether oxygens (including phenoxy) is 1. The van der Waals surface area contributed by atoms with Crippen LogP contribution in [-0.2, 0) is 13.1 Å². The van der Waals surface area contributed by atoms with E-state index in [0.717, 1.165) is 54.5 Å². The second-order valence-corrected chi connectivity index (χ2v) is 6.34. The molecule has 0 fully saturated rings. The van der Waals surface area contributed by atoms with Crippen molar-refractivity contribution in [3.63, 3.8) is 0 Å². The molecule has 6 nitrogen and oxygen atoms in total. The molecule has 0 atom stereocenters. The molecule has 0 saturated heterocycles. The van der Waals surface area contributed by atoms with E-state index in [-0.39, 0.29) is 0 Å². The average molecular weight is 354 g/mol. The monoisotopic (exact) mass is 354 g/mol. The van der Waals surface area contributed by atoms with E-state index in [2.05, 4.69) is 16.9 Å². The van der Waals surface area contributed by atoms with Gasteiger partial charge in [0.2, 0.25) is 5.89 Å². The Morgan fingerprint density at radius 1 is 1.27 bits per heavy atom. The van der Waals surface area contributed by atoms with Crippen molar-refractivity contribution < 1.29 is 9.15 Å². The van der Waals surface area contributed by atoms with Crippen molar-refractivity contribution in [1.82, 2.24) is 19.7 Å². The molecule has 0 radical (unpaired) electrons. The average Bonchev–Trinajstić information content (AvgIpc) is 3.28. The Kier molecular flexibility index (Phi) is 5.73. The molecule has 138 valence electrons. The molecule has 6 heteroatoms. The summed E-state index contributed by atoms with van der Waals surface area (Å²) in [6, 6.07) is 7.92.